The minimum absolute atomic E-state index is 0.0817. The smallest absolute Gasteiger partial charge is 0.277 e. The van der Waals surface area contributed by atoms with Gasteiger partial charge in [0.05, 0.1) is 6.21 Å². The Kier molecular flexibility index (Phi) is 6.66. The summed E-state index contributed by atoms with van der Waals surface area (Å²) >= 11 is 3.36. The first-order chi connectivity index (χ1) is 12.7. The van der Waals surface area contributed by atoms with E-state index in [0.29, 0.717) is 5.75 Å². The molecule has 1 saturated heterocycles. The lowest BCUT2D eigenvalue weighted by Gasteiger charge is -2.28. The average molecular weight is 416 g/mol. The number of piperidine rings is 1. The summed E-state index contributed by atoms with van der Waals surface area (Å²) in [6.45, 7) is 2.17. The molecule has 0 spiro atoms. The Morgan fingerprint density at radius 3 is 2.65 bits per heavy atom. The molecule has 136 valence electrons. The van der Waals surface area contributed by atoms with Crippen LogP contribution in [0.2, 0.25) is 0 Å². The molecule has 0 atom stereocenters. The summed E-state index contributed by atoms with van der Waals surface area (Å²) in [6.07, 6.45) is 5.48. The lowest BCUT2D eigenvalue weighted by Crippen LogP contribution is -2.29. The Hall–Kier alpha value is -2.34. The molecule has 0 unspecified atom stereocenters. The maximum Gasteiger partial charge on any atom is 0.277 e. The molecule has 0 radical (unpaired) electrons. The van der Waals surface area contributed by atoms with Gasteiger partial charge < -0.3 is 9.64 Å². The van der Waals surface area contributed by atoms with Gasteiger partial charge in [-0.1, -0.05) is 34.1 Å². The minimum Gasteiger partial charge on any atom is -0.484 e. The van der Waals surface area contributed by atoms with Crippen molar-refractivity contribution in [1.29, 1.82) is 0 Å². The van der Waals surface area contributed by atoms with Crippen LogP contribution in [0.3, 0.4) is 0 Å². The maximum absolute atomic E-state index is 11.8. The second-order valence-corrected chi connectivity index (χ2v) is 7.09. The van der Waals surface area contributed by atoms with Crippen LogP contribution in [0.25, 0.3) is 0 Å². The van der Waals surface area contributed by atoms with Gasteiger partial charge in [-0.25, -0.2) is 5.43 Å². The zero-order valence-electron chi connectivity index (χ0n) is 14.5. The number of hydrazone groups is 1. The lowest BCUT2D eigenvalue weighted by atomic mass is 10.1. The molecule has 0 bridgehead atoms. The van der Waals surface area contributed by atoms with Gasteiger partial charge in [-0.2, -0.15) is 5.10 Å². The van der Waals surface area contributed by atoms with Gasteiger partial charge in [-0.15, -0.1) is 0 Å². The van der Waals surface area contributed by atoms with Crippen molar-refractivity contribution in [3.05, 3.63) is 58.6 Å². The van der Waals surface area contributed by atoms with Crippen LogP contribution in [-0.2, 0) is 4.79 Å². The van der Waals surface area contributed by atoms with Crippen molar-refractivity contribution >= 4 is 33.7 Å². The highest BCUT2D eigenvalue weighted by Gasteiger charge is 2.10. The summed E-state index contributed by atoms with van der Waals surface area (Å²) in [4.78, 5) is 14.2. The van der Waals surface area contributed by atoms with E-state index in [9.17, 15) is 4.79 Å². The van der Waals surface area contributed by atoms with E-state index in [-0.39, 0.29) is 12.5 Å². The van der Waals surface area contributed by atoms with E-state index in [4.69, 9.17) is 4.74 Å². The monoisotopic (exact) mass is 415 g/mol. The predicted octanol–water partition coefficient (Wildman–Crippen LogP) is 3.97. The summed E-state index contributed by atoms with van der Waals surface area (Å²) in [5, 5.41) is 3.99. The Bertz CT molecular complexity index is 756. The molecule has 0 saturated carbocycles. The SMILES string of the molecule is O=C(COc1cccc(Br)c1)N/N=C/c1ccc(N2CCCCC2)cc1. The number of ether oxygens (including phenoxy) is 1. The summed E-state index contributed by atoms with van der Waals surface area (Å²) in [7, 11) is 0. The largest absolute Gasteiger partial charge is 0.484 e. The van der Waals surface area contributed by atoms with Crippen molar-refractivity contribution in [1.82, 2.24) is 5.43 Å². The molecule has 2 aromatic rings. The maximum atomic E-state index is 11.8. The molecule has 1 aliphatic heterocycles. The fourth-order valence-electron chi connectivity index (χ4n) is 2.84. The van der Waals surface area contributed by atoms with Crippen molar-refractivity contribution in [2.45, 2.75) is 19.3 Å². The van der Waals surface area contributed by atoms with Crippen LogP contribution < -0.4 is 15.1 Å². The molecule has 1 amide bonds. The molecule has 1 N–H and O–H groups in total. The molecular weight excluding hydrogens is 394 g/mol. The Morgan fingerprint density at radius 1 is 1.15 bits per heavy atom. The van der Waals surface area contributed by atoms with Crippen molar-refractivity contribution in [2.75, 3.05) is 24.6 Å². The third kappa shape index (κ3) is 5.59. The number of rotatable bonds is 6. The average Bonchev–Trinajstić information content (AvgIpc) is 2.68. The Labute approximate surface area is 162 Å². The first kappa shape index (κ1) is 18.5. The number of halogens is 1. The van der Waals surface area contributed by atoms with E-state index in [1.165, 1.54) is 24.9 Å². The highest BCUT2D eigenvalue weighted by atomic mass is 79.9. The zero-order chi connectivity index (χ0) is 18.2. The normalized spacial score (nSPS) is 14.4. The first-order valence-electron chi connectivity index (χ1n) is 8.76. The zero-order valence-corrected chi connectivity index (χ0v) is 16.1. The van der Waals surface area contributed by atoms with Gasteiger partial charge in [0.25, 0.3) is 5.91 Å². The van der Waals surface area contributed by atoms with E-state index < -0.39 is 0 Å². The highest BCUT2D eigenvalue weighted by Crippen LogP contribution is 2.20. The molecular formula is C20H22BrN3O2. The van der Waals surface area contributed by atoms with Gasteiger partial charge in [0, 0.05) is 23.2 Å². The van der Waals surface area contributed by atoms with Crippen LogP contribution in [0.15, 0.2) is 58.1 Å². The van der Waals surface area contributed by atoms with E-state index in [2.05, 4.69) is 43.5 Å². The van der Waals surface area contributed by atoms with Gasteiger partial charge in [0.2, 0.25) is 0 Å². The number of hydrogen-bond acceptors (Lipinski definition) is 4. The summed E-state index contributed by atoms with van der Waals surface area (Å²) in [6, 6.07) is 15.6. The molecule has 1 aliphatic rings. The van der Waals surface area contributed by atoms with Gasteiger partial charge in [-0.05, 0) is 55.2 Å². The van der Waals surface area contributed by atoms with E-state index in [1.54, 1.807) is 18.3 Å². The molecule has 26 heavy (non-hydrogen) atoms. The fraction of sp³-hybridized carbons (Fsp3) is 0.300. The molecule has 0 aliphatic carbocycles. The van der Waals surface area contributed by atoms with Crippen molar-refractivity contribution in [3.63, 3.8) is 0 Å². The predicted molar refractivity (Wildman–Crippen MR) is 108 cm³/mol. The van der Waals surface area contributed by atoms with Crippen LogP contribution in [0.4, 0.5) is 5.69 Å². The van der Waals surface area contributed by atoms with Crippen LogP contribution in [0, 0.1) is 0 Å². The van der Waals surface area contributed by atoms with Crippen molar-refractivity contribution in [2.24, 2.45) is 5.10 Å². The van der Waals surface area contributed by atoms with Crippen LogP contribution in [-0.4, -0.2) is 31.8 Å². The first-order valence-corrected chi connectivity index (χ1v) is 9.55. The fourth-order valence-corrected chi connectivity index (χ4v) is 3.22. The third-order valence-electron chi connectivity index (χ3n) is 4.18. The Morgan fingerprint density at radius 2 is 1.92 bits per heavy atom. The standard InChI is InChI=1S/C20H22BrN3O2/c21-17-5-4-6-19(13-17)26-15-20(25)23-22-14-16-7-9-18(10-8-16)24-11-2-1-3-12-24/h4-10,13-14H,1-3,11-12,15H2,(H,23,25)/b22-14+. The lowest BCUT2D eigenvalue weighted by molar-refractivity contribution is -0.123. The Balaban J connectivity index is 1.44. The van der Waals surface area contributed by atoms with Crippen LogP contribution in [0.5, 0.6) is 5.75 Å². The quantitative estimate of drug-likeness (QED) is 0.573. The number of benzene rings is 2. The van der Waals surface area contributed by atoms with Gasteiger partial charge in [-0.3, -0.25) is 4.79 Å². The van der Waals surface area contributed by atoms with Crippen molar-refractivity contribution in [3.8, 4) is 5.75 Å². The summed E-state index contributed by atoms with van der Waals surface area (Å²) in [5.74, 6) is 0.331. The number of nitrogens with one attached hydrogen (secondary N) is 1. The number of anilines is 1. The molecule has 1 heterocycles. The minimum atomic E-state index is -0.300. The molecule has 0 aromatic heterocycles. The second-order valence-electron chi connectivity index (χ2n) is 6.18. The third-order valence-corrected chi connectivity index (χ3v) is 4.68. The number of hydrogen-bond donors (Lipinski definition) is 1. The topological polar surface area (TPSA) is 53.9 Å². The number of nitrogens with zero attached hydrogens (tertiary/aromatic N) is 2. The molecule has 3 rings (SSSR count). The molecule has 6 heteroatoms. The van der Waals surface area contributed by atoms with Gasteiger partial charge >= 0.3 is 0 Å². The van der Waals surface area contributed by atoms with Crippen molar-refractivity contribution < 1.29 is 9.53 Å². The summed E-state index contributed by atoms with van der Waals surface area (Å²) in [5.41, 5.74) is 4.66. The van der Waals surface area contributed by atoms with Crippen LogP contribution >= 0.6 is 15.9 Å². The number of carbonyl (C=O) groups excluding carboxylic acids is 1. The summed E-state index contributed by atoms with van der Waals surface area (Å²) < 4.78 is 6.32. The van der Waals surface area contributed by atoms with E-state index in [0.717, 1.165) is 23.1 Å². The number of carbonyl (C=O) groups is 1. The van der Waals surface area contributed by atoms with E-state index >= 15 is 0 Å². The molecule has 5 nitrogen and oxygen atoms in total. The molecule has 1 fully saturated rings. The highest BCUT2D eigenvalue weighted by molar-refractivity contribution is 9.10. The number of amides is 1. The second kappa shape index (κ2) is 9.38. The van der Waals surface area contributed by atoms with Gasteiger partial charge in [0.1, 0.15) is 5.75 Å². The van der Waals surface area contributed by atoms with Gasteiger partial charge in [0.15, 0.2) is 6.61 Å². The molecule has 2 aromatic carbocycles. The van der Waals surface area contributed by atoms with E-state index in [1.807, 2.05) is 24.3 Å². The van der Waals surface area contributed by atoms with Crippen LogP contribution in [0.1, 0.15) is 24.8 Å².